The van der Waals surface area contributed by atoms with Crippen molar-refractivity contribution in [1.82, 2.24) is 0 Å². The van der Waals surface area contributed by atoms with E-state index < -0.39 is 15.8 Å². The number of nitrogen functional groups attached to an aromatic ring is 1. The van der Waals surface area contributed by atoms with Crippen LogP contribution in [0.4, 0.5) is 11.4 Å². The molecule has 0 heterocycles. The predicted molar refractivity (Wildman–Crippen MR) is 79.7 cm³/mol. The van der Waals surface area contributed by atoms with E-state index in [9.17, 15) is 13.2 Å². The fraction of sp³-hybridized carbons (Fsp3) is 0.462. The smallest absolute Gasteiger partial charge is 0.340 e. The zero-order valence-corrected chi connectivity index (χ0v) is 12.9. The van der Waals surface area contributed by atoms with Gasteiger partial charge in [0, 0.05) is 23.7 Å². The molecular weight excluding hydrogens is 280 g/mol. The van der Waals surface area contributed by atoms with E-state index in [1.807, 2.05) is 0 Å². The van der Waals surface area contributed by atoms with Gasteiger partial charge in [0.05, 0.1) is 18.4 Å². The van der Waals surface area contributed by atoms with Crippen LogP contribution in [0.3, 0.4) is 0 Å². The molecule has 0 aromatic heterocycles. The van der Waals surface area contributed by atoms with E-state index in [1.165, 1.54) is 13.4 Å². The van der Waals surface area contributed by atoms with Gasteiger partial charge in [0.2, 0.25) is 0 Å². The van der Waals surface area contributed by atoms with Crippen molar-refractivity contribution in [3.8, 4) is 0 Å². The number of carbonyl (C=O) groups is 1. The highest BCUT2D eigenvalue weighted by Gasteiger charge is 2.15. The third kappa shape index (κ3) is 4.41. The number of hydrogen-bond donors (Lipinski definition) is 2. The third-order valence-electron chi connectivity index (χ3n) is 2.76. The van der Waals surface area contributed by atoms with Crippen molar-refractivity contribution in [3.05, 3.63) is 23.3 Å². The summed E-state index contributed by atoms with van der Waals surface area (Å²) in [5.74, 6) is -0.519. The number of nitrogens with one attached hydrogen (secondary N) is 1. The predicted octanol–water partition coefficient (Wildman–Crippen LogP) is 1.21. The van der Waals surface area contributed by atoms with Crippen molar-refractivity contribution in [3.63, 3.8) is 0 Å². The summed E-state index contributed by atoms with van der Waals surface area (Å²) in [5, 5.41) is 3.04. The molecule has 0 aliphatic heterocycles. The highest BCUT2D eigenvalue weighted by molar-refractivity contribution is 7.90. The molecule has 0 aliphatic rings. The summed E-state index contributed by atoms with van der Waals surface area (Å²) in [7, 11) is -1.79. The number of nitrogens with two attached hydrogens (primary N) is 1. The second kappa shape index (κ2) is 6.13. The van der Waals surface area contributed by atoms with Gasteiger partial charge in [0.25, 0.3) is 0 Å². The van der Waals surface area contributed by atoms with Crippen LogP contribution in [0.2, 0.25) is 0 Å². The molecule has 0 radical (unpaired) electrons. The minimum absolute atomic E-state index is 0.00395. The van der Waals surface area contributed by atoms with Crippen LogP contribution in [-0.4, -0.2) is 39.5 Å². The summed E-state index contributed by atoms with van der Waals surface area (Å²) in [4.78, 5) is 11.6. The molecule has 0 amide bonds. The molecule has 0 saturated heterocycles. The van der Waals surface area contributed by atoms with Crippen LogP contribution < -0.4 is 11.1 Å². The average molecular weight is 300 g/mol. The molecule has 112 valence electrons. The summed E-state index contributed by atoms with van der Waals surface area (Å²) < 4.78 is 27.2. The molecule has 0 aliphatic carbocycles. The Morgan fingerprint density at radius 3 is 2.55 bits per heavy atom. The first-order valence-electron chi connectivity index (χ1n) is 6.06. The Hall–Kier alpha value is -1.76. The highest BCUT2D eigenvalue weighted by Crippen LogP contribution is 2.24. The molecule has 1 rings (SSSR count). The molecule has 6 nitrogen and oxygen atoms in total. The number of esters is 1. The average Bonchev–Trinajstić information content (AvgIpc) is 2.30. The number of carbonyl (C=O) groups excluding carboxylic acids is 1. The number of ether oxygens (including phenoxy) is 1. The second-order valence-electron chi connectivity index (χ2n) is 4.88. The number of anilines is 2. The number of sulfone groups is 1. The summed E-state index contributed by atoms with van der Waals surface area (Å²) in [5.41, 5.74) is 7.82. The Labute approximate surface area is 119 Å². The number of benzene rings is 1. The van der Waals surface area contributed by atoms with Gasteiger partial charge in [-0.05, 0) is 31.5 Å². The Kier molecular flexibility index (Phi) is 4.99. The van der Waals surface area contributed by atoms with Gasteiger partial charge in [-0.15, -0.1) is 0 Å². The monoisotopic (exact) mass is 300 g/mol. The molecule has 1 unspecified atom stereocenters. The van der Waals surface area contributed by atoms with E-state index in [0.717, 1.165) is 5.56 Å². The van der Waals surface area contributed by atoms with Crippen LogP contribution in [0.15, 0.2) is 12.1 Å². The standard InChI is InChI=1S/C13H20N2O4S/c1-8-5-10(15-9(2)7-20(4,17)18)6-11(12(8)14)13(16)19-3/h5-6,9,15H,7,14H2,1-4H3. The first-order valence-corrected chi connectivity index (χ1v) is 8.12. The third-order valence-corrected chi connectivity index (χ3v) is 3.86. The van der Waals surface area contributed by atoms with E-state index in [4.69, 9.17) is 5.73 Å². The largest absolute Gasteiger partial charge is 0.465 e. The van der Waals surface area contributed by atoms with Crippen molar-refractivity contribution < 1.29 is 17.9 Å². The minimum Gasteiger partial charge on any atom is -0.465 e. The molecule has 1 aromatic rings. The maximum atomic E-state index is 11.6. The molecule has 7 heteroatoms. The van der Waals surface area contributed by atoms with E-state index >= 15 is 0 Å². The van der Waals surface area contributed by atoms with Crippen LogP contribution in [0.25, 0.3) is 0 Å². The lowest BCUT2D eigenvalue weighted by Gasteiger charge is -2.16. The minimum atomic E-state index is -3.07. The van der Waals surface area contributed by atoms with Crippen LogP contribution in [0.5, 0.6) is 0 Å². The zero-order valence-electron chi connectivity index (χ0n) is 12.1. The molecule has 0 spiro atoms. The Bertz CT molecular complexity index is 611. The molecule has 1 aromatic carbocycles. The molecule has 20 heavy (non-hydrogen) atoms. The maximum absolute atomic E-state index is 11.6. The Balaban J connectivity index is 3.03. The molecule has 0 saturated carbocycles. The number of aryl methyl sites for hydroxylation is 1. The van der Waals surface area contributed by atoms with Crippen molar-refractivity contribution in [2.45, 2.75) is 19.9 Å². The molecule has 0 fully saturated rings. The maximum Gasteiger partial charge on any atom is 0.340 e. The highest BCUT2D eigenvalue weighted by atomic mass is 32.2. The quantitative estimate of drug-likeness (QED) is 0.626. The second-order valence-corrected chi connectivity index (χ2v) is 7.07. The lowest BCUT2D eigenvalue weighted by atomic mass is 10.1. The Morgan fingerprint density at radius 2 is 2.05 bits per heavy atom. The van der Waals surface area contributed by atoms with Gasteiger partial charge in [0.1, 0.15) is 9.84 Å². The van der Waals surface area contributed by atoms with Crippen LogP contribution in [0.1, 0.15) is 22.8 Å². The van der Waals surface area contributed by atoms with Gasteiger partial charge in [0.15, 0.2) is 0 Å². The number of rotatable bonds is 5. The number of methoxy groups -OCH3 is 1. The fourth-order valence-corrected chi connectivity index (χ4v) is 2.93. The summed E-state index contributed by atoms with van der Waals surface area (Å²) in [6, 6.07) is 3.05. The lowest BCUT2D eigenvalue weighted by molar-refractivity contribution is 0.0602. The summed E-state index contributed by atoms with van der Waals surface area (Å²) in [6.45, 7) is 3.53. The van der Waals surface area contributed by atoms with Gasteiger partial charge in [-0.2, -0.15) is 0 Å². The van der Waals surface area contributed by atoms with Gasteiger partial charge in [-0.3, -0.25) is 0 Å². The first-order chi connectivity index (χ1) is 9.14. The van der Waals surface area contributed by atoms with Crippen molar-refractivity contribution in [1.29, 1.82) is 0 Å². The number of hydrogen-bond acceptors (Lipinski definition) is 6. The summed E-state index contributed by atoms with van der Waals surface area (Å²) in [6.07, 6.45) is 1.18. The van der Waals surface area contributed by atoms with Crippen molar-refractivity contribution in [2.24, 2.45) is 0 Å². The lowest BCUT2D eigenvalue weighted by Crippen LogP contribution is -2.25. The van der Waals surface area contributed by atoms with Gasteiger partial charge in [-0.1, -0.05) is 0 Å². The topological polar surface area (TPSA) is 98.5 Å². The van der Waals surface area contributed by atoms with Gasteiger partial charge < -0.3 is 15.8 Å². The Morgan fingerprint density at radius 1 is 1.45 bits per heavy atom. The summed E-state index contributed by atoms with van der Waals surface area (Å²) >= 11 is 0. The molecule has 3 N–H and O–H groups in total. The fourth-order valence-electron chi connectivity index (χ4n) is 1.94. The van der Waals surface area contributed by atoms with Gasteiger partial charge in [-0.25, -0.2) is 13.2 Å². The van der Waals surface area contributed by atoms with E-state index in [-0.39, 0.29) is 17.4 Å². The molecular formula is C13H20N2O4S. The van der Waals surface area contributed by atoms with Gasteiger partial charge >= 0.3 is 5.97 Å². The van der Waals surface area contributed by atoms with Crippen LogP contribution in [-0.2, 0) is 14.6 Å². The van der Waals surface area contributed by atoms with E-state index in [0.29, 0.717) is 11.4 Å². The van der Waals surface area contributed by atoms with Crippen molar-refractivity contribution in [2.75, 3.05) is 30.2 Å². The molecule has 1 atom stereocenters. The first kappa shape index (κ1) is 16.3. The normalized spacial score (nSPS) is 12.8. The molecule has 0 bridgehead atoms. The zero-order chi connectivity index (χ0) is 15.5. The van der Waals surface area contributed by atoms with Crippen LogP contribution >= 0.6 is 0 Å². The van der Waals surface area contributed by atoms with E-state index in [2.05, 4.69) is 10.1 Å². The van der Waals surface area contributed by atoms with E-state index in [1.54, 1.807) is 26.0 Å². The van der Waals surface area contributed by atoms with Crippen LogP contribution in [0, 0.1) is 6.92 Å². The van der Waals surface area contributed by atoms with Crippen molar-refractivity contribution >= 4 is 27.2 Å². The SMILES string of the molecule is COC(=O)c1cc(NC(C)CS(C)(=O)=O)cc(C)c1N.